The van der Waals surface area contributed by atoms with E-state index in [2.05, 4.69) is 21.1 Å². The van der Waals surface area contributed by atoms with Gasteiger partial charge in [-0.1, -0.05) is 21.1 Å². The van der Waals surface area contributed by atoms with Gasteiger partial charge in [0.2, 0.25) is 5.76 Å². The second-order valence-electron chi connectivity index (χ2n) is 3.41. The quantitative estimate of drug-likeness (QED) is 0.741. The molecule has 0 spiro atoms. The van der Waals surface area contributed by atoms with E-state index in [0.29, 0.717) is 17.3 Å². The number of furan rings is 1. The summed E-state index contributed by atoms with van der Waals surface area (Å²) in [5.41, 5.74) is 6.27. The summed E-state index contributed by atoms with van der Waals surface area (Å²) < 4.78 is 11.6. The fraction of sp³-hybridized carbons (Fsp3) is 0. The second kappa shape index (κ2) is 3.38. The first-order valence-electron chi connectivity index (χ1n) is 4.64. The zero-order valence-corrected chi connectivity index (χ0v) is 9.69. The van der Waals surface area contributed by atoms with Gasteiger partial charge in [0.05, 0.1) is 0 Å². The zero-order chi connectivity index (χ0) is 11.1. The molecule has 0 bridgehead atoms. The summed E-state index contributed by atoms with van der Waals surface area (Å²) >= 11 is 3.39. The smallest absolute Gasteiger partial charge is 0.204 e. The summed E-state index contributed by atoms with van der Waals surface area (Å²) in [6, 6.07) is 9.34. The molecule has 0 atom stereocenters. The number of rotatable bonds is 1. The van der Waals surface area contributed by atoms with E-state index in [1.807, 2.05) is 24.3 Å². The van der Waals surface area contributed by atoms with Crippen molar-refractivity contribution >= 4 is 32.7 Å². The number of hydrogen-bond donors (Lipinski definition) is 1. The number of hydrogen-bond acceptors (Lipinski definition) is 4. The van der Waals surface area contributed by atoms with Crippen LogP contribution in [0.4, 0.5) is 5.82 Å². The van der Waals surface area contributed by atoms with Gasteiger partial charge in [0.25, 0.3) is 0 Å². The van der Waals surface area contributed by atoms with Crippen LogP contribution in [0.1, 0.15) is 0 Å². The van der Waals surface area contributed by atoms with E-state index in [1.54, 1.807) is 6.07 Å². The van der Waals surface area contributed by atoms with Gasteiger partial charge in [-0.05, 0) is 24.3 Å². The highest BCUT2D eigenvalue weighted by Crippen LogP contribution is 2.30. The molecule has 4 nitrogen and oxygen atoms in total. The van der Waals surface area contributed by atoms with Gasteiger partial charge in [0.1, 0.15) is 5.58 Å². The van der Waals surface area contributed by atoms with Crippen molar-refractivity contribution in [1.29, 1.82) is 0 Å². The van der Waals surface area contributed by atoms with Crippen LogP contribution in [0.3, 0.4) is 0 Å². The van der Waals surface area contributed by atoms with Gasteiger partial charge in [-0.2, -0.15) is 0 Å². The standard InChI is InChI=1S/C11H7BrN2O2/c12-7-2-1-6-3-9(15-8(6)4-7)10-5-11(13)14-16-10/h1-5H,(H2,13,14). The first-order chi connectivity index (χ1) is 7.72. The molecule has 16 heavy (non-hydrogen) atoms. The minimum atomic E-state index is 0.344. The molecular formula is C11H7BrN2O2. The maximum Gasteiger partial charge on any atom is 0.204 e. The van der Waals surface area contributed by atoms with Crippen molar-refractivity contribution in [3.63, 3.8) is 0 Å². The van der Waals surface area contributed by atoms with Gasteiger partial charge < -0.3 is 14.7 Å². The highest BCUT2D eigenvalue weighted by molar-refractivity contribution is 9.10. The molecule has 0 saturated carbocycles. The van der Waals surface area contributed by atoms with Crippen LogP contribution < -0.4 is 5.73 Å². The van der Waals surface area contributed by atoms with Gasteiger partial charge in [-0.15, -0.1) is 0 Å². The Kier molecular flexibility index (Phi) is 2.00. The summed E-state index contributed by atoms with van der Waals surface area (Å²) in [4.78, 5) is 0. The van der Waals surface area contributed by atoms with E-state index in [0.717, 1.165) is 15.4 Å². The molecule has 0 unspecified atom stereocenters. The minimum Gasteiger partial charge on any atom is -0.453 e. The van der Waals surface area contributed by atoms with Gasteiger partial charge in [-0.25, -0.2) is 0 Å². The molecule has 2 aromatic heterocycles. The summed E-state index contributed by atoms with van der Waals surface area (Å²) in [6.07, 6.45) is 0. The van der Waals surface area contributed by atoms with Crippen LogP contribution in [0.25, 0.3) is 22.5 Å². The lowest BCUT2D eigenvalue weighted by atomic mass is 10.2. The van der Waals surface area contributed by atoms with Crippen molar-refractivity contribution in [1.82, 2.24) is 5.16 Å². The fourth-order valence-electron chi connectivity index (χ4n) is 1.53. The van der Waals surface area contributed by atoms with Crippen LogP contribution >= 0.6 is 15.9 Å². The van der Waals surface area contributed by atoms with Crippen LogP contribution in [0.5, 0.6) is 0 Å². The van der Waals surface area contributed by atoms with Gasteiger partial charge in [-0.3, -0.25) is 0 Å². The maximum absolute atomic E-state index is 5.63. The Labute approximate surface area is 99.1 Å². The van der Waals surface area contributed by atoms with E-state index < -0.39 is 0 Å². The lowest BCUT2D eigenvalue weighted by molar-refractivity contribution is 0.424. The maximum atomic E-state index is 5.63. The Morgan fingerprint density at radius 1 is 1.12 bits per heavy atom. The molecule has 0 aliphatic rings. The van der Waals surface area contributed by atoms with Crippen molar-refractivity contribution in [3.05, 3.63) is 34.8 Å². The van der Waals surface area contributed by atoms with Crippen LogP contribution in [0, 0.1) is 0 Å². The Balaban J connectivity index is 2.18. The first-order valence-corrected chi connectivity index (χ1v) is 5.43. The molecule has 0 aliphatic heterocycles. The molecule has 5 heteroatoms. The molecule has 1 aromatic carbocycles. The summed E-state index contributed by atoms with van der Waals surface area (Å²) in [5.74, 6) is 1.50. The molecular weight excluding hydrogens is 272 g/mol. The van der Waals surface area contributed by atoms with E-state index >= 15 is 0 Å². The van der Waals surface area contributed by atoms with Gasteiger partial charge in [0, 0.05) is 15.9 Å². The zero-order valence-electron chi connectivity index (χ0n) is 8.11. The van der Waals surface area contributed by atoms with Crippen molar-refractivity contribution in [2.45, 2.75) is 0 Å². The number of nitrogen functional groups attached to an aromatic ring is 1. The molecule has 0 radical (unpaired) electrons. The molecule has 0 saturated heterocycles. The average Bonchev–Trinajstić information content (AvgIpc) is 2.83. The Morgan fingerprint density at radius 2 is 2.00 bits per heavy atom. The normalized spacial score (nSPS) is 11.1. The minimum absolute atomic E-state index is 0.344. The molecule has 0 fully saturated rings. The molecule has 3 aromatic rings. The number of halogens is 1. The molecule has 2 N–H and O–H groups in total. The Bertz CT molecular complexity index is 657. The summed E-state index contributed by atoms with van der Waals surface area (Å²) in [6.45, 7) is 0. The Hall–Kier alpha value is -1.75. The van der Waals surface area contributed by atoms with Crippen LogP contribution in [-0.2, 0) is 0 Å². The number of nitrogens with zero attached hydrogens (tertiary/aromatic N) is 1. The number of fused-ring (bicyclic) bond motifs is 1. The molecule has 0 aliphatic carbocycles. The summed E-state index contributed by atoms with van der Waals surface area (Å²) in [7, 11) is 0. The number of anilines is 1. The Morgan fingerprint density at radius 3 is 2.75 bits per heavy atom. The van der Waals surface area contributed by atoms with E-state index in [-0.39, 0.29) is 0 Å². The SMILES string of the molecule is Nc1cc(-c2cc3ccc(Br)cc3o2)on1. The molecule has 0 amide bonds. The molecule has 80 valence electrons. The van der Waals surface area contributed by atoms with Crippen molar-refractivity contribution < 1.29 is 8.94 Å². The lowest BCUT2D eigenvalue weighted by Gasteiger charge is -1.88. The van der Waals surface area contributed by atoms with E-state index in [4.69, 9.17) is 14.7 Å². The average molecular weight is 279 g/mol. The topological polar surface area (TPSA) is 65.2 Å². The van der Waals surface area contributed by atoms with Crippen molar-refractivity contribution in [2.24, 2.45) is 0 Å². The predicted octanol–water partition coefficient (Wildman–Crippen LogP) is 3.43. The summed E-state index contributed by atoms with van der Waals surface area (Å²) in [5, 5.41) is 4.62. The second-order valence-corrected chi connectivity index (χ2v) is 4.32. The lowest BCUT2D eigenvalue weighted by Crippen LogP contribution is -1.79. The predicted molar refractivity (Wildman–Crippen MR) is 63.8 cm³/mol. The molecule has 2 heterocycles. The third kappa shape index (κ3) is 1.49. The number of benzene rings is 1. The van der Waals surface area contributed by atoms with Crippen LogP contribution in [-0.4, -0.2) is 5.16 Å². The highest BCUT2D eigenvalue weighted by Gasteiger charge is 2.10. The van der Waals surface area contributed by atoms with E-state index in [9.17, 15) is 0 Å². The van der Waals surface area contributed by atoms with Gasteiger partial charge >= 0.3 is 0 Å². The van der Waals surface area contributed by atoms with Crippen LogP contribution in [0.2, 0.25) is 0 Å². The number of nitrogens with two attached hydrogens (primary N) is 1. The fourth-order valence-corrected chi connectivity index (χ4v) is 1.87. The third-order valence-electron chi connectivity index (χ3n) is 2.25. The first kappa shape index (κ1) is 9.47. The van der Waals surface area contributed by atoms with Crippen molar-refractivity contribution in [2.75, 3.05) is 5.73 Å². The van der Waals surface area contributed by atoms with Gasteiger partial charge in [0.15, 0.2) is 11.6 Å². The van der Waals surface area contributed by atoms with Crippen molar-refractivity contribution in [3.8, 4) is 11.5 Å². The molecule has 3 rings (SSSR count). The highest BCUT2D eigenvalue weighted by atomic mass is 79.9. The van der Waals surface area contributed by atoms with E-state index in [1.165, 1.54) is 0 Å². The largest absolute Gasteiger partial charge is 0.453 e. The number of aromatic nitrogens is 1. The van der Waals surface area contributed by atoms with Crippen LogP contribution in [0.15, 0.2) is 43.7 Å². The third-order valence-corrected chi connectivity index (χ3v) is 2.75. The monoisotopic (exact) mass is 278 g/mol.